The van der Waals surface area contributed by atoms with Gasteiger partial charge in [0, 0.05) is 18.4 Å². The number of hydrogen-bond acceptors (Lipinski definition) is 2. The molecule has 2 atom stereocenters. The molecule has 2 bridgehead atoms. The monoisotopic (exact) mass is 407 g/mol. The van der Waals surface area contributed by atoms with Crippen LogP contribution in [0.3, 0.4) is 0 Å². The summed E-state index contributed by atoms with van der Waals surface area (Å²) in [5.74, 6) is -0.303. The van der Waals surface area contributed by atoms with Crippen LogP contribution in [0.5, 0.6) is 0 Å². The molecule has 3 aliphatic carbocycles. The lowest BCUT2D eigenvalue weighted by molar-refractivity contribution is -0.222. The van der Waals surface area contributed by atoms with Gasteiger partial charge in [0.05, 0.1) is 29.7 Å². The van der Waals surface area contributed by atoms with Crippen molar-refractivity contribution in [2.75, 3.05) is 6.54 Å². The van der Waals surface area contributed by atoms with Crippen LogP contribution in [-0.2, 0) is 11.3 Å². The molecule has 30 heavy (non-hydrogen) atoms. The Balaban J connectivity index is 1.19. The third kappa shape index (κ3) is 2.55. The Hall–Kier alpha value is -2.76. The molecule has 4 nitrogen and oxygen atoms in total. The third-order valence-electron chi connectivity index (χ3n) is 7.37. The molecule has 6 heteroatoms. The number of benzene rings is 2. The molecule has 1 aromatic heterocycles. The van der Waals surface area contributed by atoms with Crippen molar-refractivity contribution in [2.24, 2.45) is 10.8 Å². The van der Waals surface area contributed by atoms with Gasteiger partial charge in [-0.15, -0.1) is 0 Å². The van der Waals surface area contributed by atoms with E-state index in [0.29, 0.717) is 5.56 Å². The summed E-state index contributed by atoms with van der Waals surface area (Å²) in [6.45, 7) is 0.924. The second-order valence-electron chi connectivity index (χ2n) is 9.53. The highest BCUT2D eigenvalue weighted by atomic mass is 19.1. The van der Waals surface area contributed by atoms with E-state index < -0.39 is 6.17 Å². The zero-order valence-corrected chi connectivity index (χ0v) is 16.6. The lowest BCUT2D eigenvalue weighted by atomic mass is 9.34. The van der Waals surface area contributed by atoms with Crippen LogP contribution in [0.4, 0.5) is 8.78 Å². The smallest absolute Gasteiger partial charge is 0.229 e. The number of rotatable bonds is 4. The number of carbonyl (C=O) groups excluding carboxylic acids is 1. The average molecular weight is 407 g/mol. The summed E-state index contributed by atoms with van der Waals surface area (Å²) >= 11 is 0. The van der Waals surface area contributed by atoms with Crippen molar-refractivity contribution in [3.05, 3.63) is 66.1 Å². The summed E-state index contributed by atoms with van der Waals surface area (Å²) in [4.78, 5) is 15.1. The van der Waals surface area contributed by atoms with E-state index in [-0.39, 0.29) is 41.6 Å². The number of likely N-dealkylation sites (tertiary alicyclic amines) is 1. The maximum absolute atomic E-state index is 14.3. The number of carbonyl (C=O) groups is 1. The van der Waals surface area contributed by atoms with Crippen LogP contribution < -0.4 is 0 Å². The minimum Gasteiger partial charge on any atom is -0.332 e. The summed E-state index contributed by atoms with van der Waals surface area (Å²) in [6.07, 6.45) is 3.56. The van der Waals surface area contributed by atoms with E-state index in [1.54, 1.807) is 17.0 Å². The van der Waals surface area contributed by atoms with Gasteiger partial charge in [-0.25, -0.2) is 8.78 Å². The van der Waals surface area contributed by atoms with Gasteiger partial charge in [-0.2, -0.15) is 5.10 Å². The molecule has 2 unspecified atom stereocenters. The van der Waals surface area contributed by atoms with Gasteiger partial charge in [-0.1, -0.05) is 30.3 Å². The lowest BCUT2D eigenvalue weighted by Gasteiger charge is -2.70. The molecule has 0 N–H and O–H groups in total. The molecule has 1 saturated heterocycles. The predicted molar refractivity (Wildman–Crippen MR) is 109 cm³/mol. The Labute approximate surface area is 173 Å². The van der Waals surface area contributed by atoms with Crippen LogP contribution >= 0.6 is 0 Å². The molecule has 2 heterocycles. The molecule has 4 fully saturated rings. The third-order valence-corrected chi connectivity index (χ3v) is 7.37. The molecule has 0 radical (unpaired) electrons. The largest absolute Gasteiger partial charge is 0.332 e. The van der Waals surface area contributed by atoms with E-state index in [1.807, 2.05) is 23.0 Å². The van der Waals surface area contributed by atoms with Gasteiger partial charge in [0.2, 0.25) is 5.91 Å². The minimum atomic E-state index is -1.06. The van der Waals surface area contributed by atoms with Crippen molar-refractivity contribution in [3.63, 3.8) is 0 Å². The number of para-hydroxylation sites is 1. The molecule has 4 aliphatic rings. The number of halogens is 2. The molecule has 1 amide bonds. The van der Waals surface area contributed by atoms with Gasteiger partial charge < -0.3 is 4.90 Å². The molecule has 7 rings (SSSR count). The highest BCUT2D eigenvalue weighted by molar-refractivity contribution is 5.87. The number of alkyl halides is 1. The normalized spacial score (nSPS) is 32.1. The second-order valence-corrected chi connectivity index (χ2v) is 9.53. The fourth-order valence-corrected chi connectivity index (χ4v) is 6.21. The first kappa shape index (κ1) is 18.0. The standard InChI is InChI=1S/C24H23F2N3O/c25-18-6-3-5-16(8-18)21-9-19(26)11-28(21)22(30)24-12-23(13-24,14-24)15-29-20-7-2-1-4-17(20)10-27-29/h1-8,10,19,21H,9,11-15H2. The Morgan fingerprint density at radius 2 is 1.93 bits per heavy atom. The van der Waals surface area contributed by atoms with Crippen LogP contribution in [0, 0.1) is 16.6 Å². The van der Waals surface area contributed by atoms with E-state index in [9.17, 15) is 13.6 Å². The Morgan fingerprint density at radius 3 is 2.73 bits per heavy atom. The van der Waals surface area contributed by atoms with E-state index >= 15 is 0 Å². The summed E-state index contributed by atoms with van der Waals surface area (Å²) in [7, 11) is 0. The van der Waals surface area contributed by atoms with Crippen molar-refractivity contribution < 1.29 is 13.6 Å². The van der Waals surface area contributed by atoms with Crippen molar-refractivity contribution in [1.29, 1.82) is 0 Å². The van der Waals surface area contributed by atoms with Crippen LogP contribution in [-0.4, -0.2) is 33.3 Å². The maximum Gasteiger partial charge on any atom is 0.229 e. The lowest BCUT2D eigenvalue weighted by Crippen LogP contribution is -2.69. The summed E-state index contributed by atoms with van der Waals surface area (Å²) in [5.41, 5.74) is 1.56. The maximum atomic E-state index is 14.3. The molecule has 3 saturated carbocycles. The van der Waals surface area contributed by atoms with Gasteiger partial charge in [-0.3, -0.25) is 9.48 Å². The van der Waals surface area contributed by atoms with Gasteiger partial charge in [0.25, 0.3) is 0 Å². The summed E-state index contributed by atoms with van der Waals surface area (Å²) in [5, 5.41) is 5.66. The predicted octanol–water partition coefficient (Wildman–Crippen LogP) is 4.66. The van der Waals surface area contributed by atoms with Gasteiger partial charge >= 0.3 is 0 Å². The Bertz CT molecular complexity index is 1140. The molecule has 0 spiro atoms. The first-order valence-electron chi connectivity index (χ1n) is 10.6. The molecular weight excluding hydrogens is 384 g/mol. The molecule has 3 aromatic rings. The van der Waals surface area contributed by atoms with Crippen LogP contribution in [0.15, 0.2) is 54.7 Å². The molecule has 154 valence electrons. The summed E-state index contributed by atoms with van der Waals surface area (Å²) < 4.78 is 30.0. The first-order valence-corrected chi connectivity index (χ1v) is 10.6. The van der Waals surface area contributed by atoms with Crippen LogP contribution in [0.25, 0.3) is 10.9 Å². The highest BCUT2D eigenvalue weighted by Gasteiger charge is 2.72. The average Bonchev–Trinajstić information content (AvgIpc) is 3.26. The van der Waals surface area contributed by atoms with E-state index in [1.165, 1.54) is 12.1 Å². The second kappa shape index (κ2) is 6.13. The van der Waals surface area contributed by atoms with Crippen molar-refractivity contribution in [3.8, 4) is 0 Å². The quantitative estimate of drug-likeness (QED) is 0.631. The number of aromatic nitrogens is 2. The van der Waals surface area contributed by atoms with E-state index in [0.717, 1.165) is 36.7 Å². The number of nitrogens with zero attached hydrogens (tertiary/aromatic N) is 3. The fourth-order valence-electron chi connectivity index (χ4n) is 6.21. The van der Waals surface area contributed by atoms with Gasteiger partial charge in [0.15, 0.2) is 0 Å². The molecule has 1 aliphatic heterocycles. The van der Waals surface area contributed by atoms with E-state index in [2.05, 4.69) is 17.2 Å². The van der Waals surface area contributed by atoms with E-state index in [4.69, 9.17) is 0 Å². The SMILES string of the molecule is O=C(N1CC(F)CC1c1cccc(F)c1)C12CC(Cn3ncc4ccccc43)(C1)C2. The van der Waals surface area contributed by atoms with Gasteiger partial charge in [-0.05, 0) is 48.4 Å². The summed E-state index contributed by atoms with van der Waals surface area (Å²) in [6, 6.07) is 14.0. The highest BCUT2D eigenvalue weighted by Crippen LogP contribution is 2.74. The minimum absolute atomic E-state index is 0.0455. The number of hydrogen-bond donors (Lipinski definition) is 0. The Kier molecular flexibility index (Phi) is 3.68. The van der Waals surface area contributed by atoms with Crippen molar-refractivity contribution in [1.82, 2.24) is 14.7 Å². The topological polar surface area (TPSA) is 38.1 Å². The Morgan fingerprint density at radius 1 is 1.13 bits per heavy atom. The van der Waals surface area contributed by atoms with Crippen LogP contribution in [0.1, 0.15) is 37.3 Å². The van der Waals surface area contributed by atoms with Gasteiger partial charge in [0.1, 0.15) is 12.0 Å². The fraction of sp³-hybridized carbons (Fsp3) is 0.417. The number of amides is 1. The first-order chi connectivity index (χ1) is 14.5. The van der Waals surface area contributed by atoms with Crippen molar-refractivity contribution >= 4 is 16.8 Å². The zero-order chi connectivity index (χ0) is 20.5. The number of fused-ring (bicyclic) bond motifs is 1. The molecule has 2 aromatic carbocycles. The zero-order valence-electron chi connectivity index (χ0n) is 16.6. The molecular formula is C24H23F2N3O. The van der Waals surface area contributed by atoms with Crippen LogP contribution in [0.2, 0.25) is 0 Å². The van der Waals surface area contributed by atoms with Crippen molar-refractivity contribution in [2.45, 2.75) is 44.4 Å².